The lowest BCUT2D eigenvalue weighted by molar-refractivity contribution is -0.0832. The van der Waals surface area contributed by atoms with Gasteiger partial charge in [-0.3, -0.25) is 46.8 Å². The summed E-state index contributed by atoms with van der Waals surface area (Å²) in [6.45, 7) is -9.19. The van der Waals surface area contributed by atoms with E-state index < -0.39 is 119 Å². The summed E-state index contributed by atoms with van der Waals surface area (Å²) in [4.78, 5) is 96.5. The van der Waals surface area contributed by atoms with Gasteiger partial charge in [0, 0.05) is 38.8 Å². The molecule has 0 amide bonds. The number of nitrogens with two attached hydrogens (primary N) is 3. The molecule has 0 radical (unpaired) electrons. The average molecular weight is 1140 g/mol. The standard InChI is InChI=1S/C36H52N13O20P3S2/c1-16-10-47(36(52)42-27(16)37)33-26(61-7-5-59-3)25(69-70(53,54)62-11-17-8-19(60-6-4-58-2)32(65-17)49-15-41-24-29(49)44-35(39)46-31(24)51)21(67-33)13-64-72(57,74)68-18-9-22(66-20(18)12-63-71(55,56)73)48-14-40-23-28(48)43-34(38)45-30(23)50/h10,14-15,17-22,25-26,32-33H,4-9,11-13H2,1-3H3,(H,53,54)(H,57,74)(H2,37,42,52)(H2,55,56,73)(H3,38,43,45,50)(H3,39,44,46,51)/t17-,18+,19-,20+,21+,22+,25?,26-,32+,33+,72?/m0/s1. The molecule has 5 aromatic heterocycles. The van der Waals surface area contributed by atoms with Crippen molar-refractivity contribution in [1.29, 1.82) is 0 Å². The Labute approximate surface area is 426 Å². The number of methoxy groups -OCH3 is 2. The molecule has 13 atom stereocenters. The summed E-state index contributed by atoms with van der Waals surface area (Å²) in [6.07, 6.45) is -8.66. The fourth-order valence-electron chi connectivity index (χ4n) is 8.22. The molecular formula is C36H52N13O20P3S2. The fourth-order valence-corrected chi connectivity index (χ4v) is 11.2. The molecule has 33 nitrogen and oxygen atoms in total. The van der Waals surface area contributed by atoms with Gasteiger partial charge in [-0.1, -0.05) is 12.2 Å². The largest absolute Gasteiger partial charge is 0.472 e. The summed E-state index contributed by atoms with van der Waals surface area (Å²) in [6, 6.07) is 0. The first-order valence-corrected chi connectivity index (χ1v) is 28.8. The van der Waals surface area contributed by atoms with Crippen LogP contribution in [0.1, 0.15) is 37.1 Å². The Hall–Kier alpha value is -4.16. The van der Waals surface area contributed by atoms with Gasteiger partial charge in [0.25, 0.3) is 11.1 Å². The average Bonchev–Trinajstić information content (AvgIpc) is 4.16. The lowest BCUT2D eigenvalue weighted by Crippen LogP contribution is -2.40. The smallest absolute Gasteiger partial charge is 0.383 e. The number of rotatable bonds is 24. The number of ether oxygens (including phenoxy) is 7. The van der Waals surface area contributed by atoms with Crippen LogP contribution in [0.15, 0.2) is 33.2 Å². The number of phosphoric acid groups is 1. The zero-order chi connectivity index (χ0) is 53.3. The molecule has 5 aromatic rings. The Morgan fingerprint density at radius 3 is 2.01 bits per heavy atom. The summed E-state index contributed by atoms with van der Waals surface area (Å²) < 4.78 is 99.1. The van der Waals surface area contributed by atoms with Crippen molar-refractivity contribution in [3.05, 3.63) is 55.6 Å². The van der Waals surface area contributed by atoms with Crippen LogP contribution in [0, 0.1) is 6.92 Å². The Bertz CT molecular complexity index is 3140. The highest BCUT2D eigenvalue weighted by molar-refractivity contribution is 8.44. The molecule has 8 rings (SSSR count). The summed E-state index contributed by atoms with van der Waals surface area (Å²) in [7, 11) is -2.37. The predicted molar refractivity (Wildman–Crippen MR) is 260 cm³/mol. The molecule has 11 N–H and O–H groups in total. The number of thiol groups is 1. The number of fused-ring (bicyclic) bond motifs is 2. The normalized spacial score (nSPS) is 27.7. The zero-order valence-corrected chi connectivity index (χ0v) is 43.6. The van der Waals surface area contributed by atoms with Gasteiger partial charge >= 0.3 is 27.0 Å². The maximum absolute atomic E-state index is 14.1. The number of imidazole rings is 2. The number of hydrogen-bond donors (Lipinski definition) is 9. The molecule has 408 valence electrons. The molecule has 0 aliphatic carbocycles. The molecule has 3 aliphatic heterocycles. The van der Waals surface area contributed by atoms with E-state index in [1.54, 1.807) is 6.92 Å². The number of nitrogens with one attached hydrogen (secondary N) is 2. The number of H-pyrrole nitrogens is 2. The number of anilines is 3. The first-order valence-electron chi connectivity index (χ1n) is 22.0. The highest BCUT2D eigenvalue weighted by atomic mass is 32.7. The van der Waals surface area contributed by atoms with E-state index in [9.17, 15) is 38.2 Å². The maximum atomic E-state index is 14.1. The Morgan fingerprint density at radius 2 is 1.36 bits per heavy atom. The van der Waals surface area contributed by atoms with Crippen LogP contribution in [0.25, 0.3) is 22.3 Å². The molecule has 4 unspecified atom stereocenters. The molecular weight excluding hydrogens is 1090 g/mol. The third-order valence-corrected chi connectivity index (χ3v) is 14.9. The molecule has 74 heavy (non-hydrogen) atoms. The topological polar surface area (TPSA) is 446 Å². The molecule has 3 saturated heterocycles. The summed E-state index contributed by atoms with van der Waals surface area (Å²) in [5, 5.41) is 0. The monoisotopic (exact) mass is 1140 g/mol. The Kier molecular flexibility index (Phi) is 17.6. The number of aryl methyl sites for hydroxylation is 1. The van der Waals surface area contributed by atoms with Crippen LogP contribution in [0.5, 0.6) is 0 Å². The van der Waals surface area contributed by atoms with Crippen LogP contribution in [0.4, 0.5) is 17.7 Å². The number of nitrogens with zero attached hydrogens (tertiary/aromatic N) is 8. The molecule has 3 aliphatic rings. The van der Waals surface area contributed by atoms with Gasteiger partial charge < -0.3 is 74.1 Å². The summed E-state index contributed by atoms with van der Waals surface area (Å²) >= 11 is 8.99. The third kappa shape index (κ3) is 13.1. The van der Waals surface area contributed by atoms with E-state index in [0.717, 1.165) is 4.57 Å². The quantitative estimate of drug-likeness (QED) is 0.0209. The second-order valence-electron chi connectivity index (χ2n) is 16.6. The van der Waals surface area contributed by atoms with Crippen molar-refractivity contribution >= 4 is 85.4 Å². The predicted octanol–water partition coefficient (Wildman–Crippen LogP) is -0.732. The molecule has 0 bridgehead atoms. The lowest BCUT2D eigenvalue weighted by Gasteiger charge is -2.28. The molecule has 0 saturated carbocycles. The Morgan fingerprint density at radius 1 is 0.743 bits per heavy atom. The van der Waals surface area contributed by atoms with E-state index in [1.165, 1.54) is 42.2 Å². The van der Waals surface area contributed by atoms with Crippen molar-refractivity contribution in [2.75, 3.05) is 77.7 Å². The minimum atomic E-state index is -5.24. The minimum absolute atomic E-state index is 0.0107. The number of hydrogen-bond acceptors (Lipinski definition) is 26. The van der Waals surface area contributed by atoms with E-state index >= 15 is 0 Å². The first kappa shape index (κ1) is 56.1. The number of nitrogen functional groups attached to an aromatic ring is 3. The van der Waals surface area contributed by atoms with Gasteiger partial charge in [0.15, 0.2) is 34.8 Å². The molecule has 38 heteroatoms. The fraction of sp³-hybridized carbons (Fsp3) is 0.611. The van der Waals surface area contributed by atoms with Crippen molar-refractivity contribution in [3.8, 4) is 0 Å². The van der Waals surface area contributed by atoms with Crippen LogP contribution >= 0.6 is 33.6 Å². The van der Waals surface area contributed by atoms with Crippen LogP contribution in [0.3, 0.4) is 0 Å². The summed E-state index contributed by atoms with van der Waals surface area (Å²) in [5.74, 6) is -0.506. The van der Waals surface area contributed by atoms with Crippen molar-refractivity contribution in [2.24, 2.45) is 0 Å². The second-order valence-corrected chi connectivity index (χ2v) is 23.6. The summed E-state index contributed by atoms with van der Waals surface area (Å²) in [5.41, 5.74) is 15.7. The van der Waals surface area contributed by atoms with Crippen LogP contribution in [-0.2, 0) is 76.7 Å². The van der Waals surface area contributed by atoms with E-state index in [4.69, 9.17) is 84.8 Å². The van der Waals surface area contributed by atoms with Crippen molar-refractivity contribution in [2.45, 2.75) is 81.2 Å². The van der Waals surface area contributed by atoms with Gasteiger partial charge in [0.05, 0.1) is 71.1 Å². The van der Waals surface area contributed by atoms with Crippen LogP contribution < -0.4 is 34.0 Å². The van der Waals surface area contributed by atoms with Gasteiger partial charge in [0.2, 0.25) is 11.9 Å². The lowest BCUT2D eigenvalue weighted by atomic mass is 10.1. The number of aromatic amines is 2. The van der Waals surface area contributed by atoms with E-state index in [2.05, 4.69) is 47.1 Å². The second kappa shape index (κ2) is 23.2. The first-order chi connectivity index (χ1) is 35.0. The van der Waals surface area contributed by atoms with E-state index in [1.807, 2.05) is 0 Å². The van der Waals surface area contributed by atoms with Gasteiger partial charge in [0.1, 0.15) is 42.6 Å². The van der Waals surface area contributed by atoms with Crippen molar-refractivity contribution in [3.63, 3.8) is 0 Å². The number of aromatic nitrogens is 10. The molecule has 3 fully saturated rings. The third-order valence-electron chi connectivity index (χ3n) is 11.5. The van der Waals surface area contributed by atoms with Gasteiger partial charge in [-0.25, -0.2) is 23.9 Å². The highest BCUT2D eigenvalue weighted by Crippen LogP contribution is 2.54. The van der Waals surface area contributed by atoms with E-state index in [-0.39, 0.29) is 79.3 Å². The molecule has 0 spiro atoms. The van der Waals surface area contributed by atoms with E-state index in [0.29, 0.717) is 5.56 Å². The highest BCUT2D eigenvalue weighted by Gasteiger charge is 2.52. The molecule has 8 heterocycles. The van der Waals surface area contributed by atoms with Crippen LogP contribution in [0.2, 0.25) is 0 Å². The SMILES string of the molecule is COCCO[C@H]1C[C@@H](COP(=O)(O)OC2[C@@H](COP(O)(=S)O[C@@H]3C[C@H](n4cnc5c(=O)[nH]c(N)nc54)O[C@@H]3COP(=O)(O)S)O[C@@H](n3cc(C)c(N)nc3=O)[C@H]2OCCOC)O[C@H]1n1cnc2c(=O)[nH]c(N)nc21. The maximum Gasteiger partial charge on any atom is 0.472 e. The van der Waals surface area contributed by atoms with Crippen LogP contribution in [-0.4, -0.2) is 166 Å². The number of phosphoric ester groups is 1. The molecule has 0 aromatic carbocycles. The van der Waals surface area contributed by atoms with Crippen molar-refractivity contribution in [1.82, 2.24) is 48.6 Å². The van der Waals surface area contributed by atoms with Crippen molar-refractivity contribution < 1.29 is 79.6 Å². The zero-order valence-electron chi connectivity index (χ0n) is 39.2. The van der Waals surface area contributed by atoms with Gasteiger partial charge in [-0.05, 0) is 18.7 Å². The minimum Gasteiger partial charge on any atom is -0.383 e. The Balaban J connectivity index is 1.03. The van der Waals surface area contributed by atoms with Gasteiger partial charge in [-0.15, -0.1) is 0 Å². The van der Waals surface area contributed by atoms with Gasteiger partial charge in [-0.2, -0.15) is 15.0 Å².